The van der Waals surface area contributed by atoms with Crippen molar-refractivity contribution in [2.75, 3.05) is 0 Å². The summed E-state index contributed by atoms with van der Waals surface area (Å²) in [6.45, 7) is 4.30. The van der Waals surface area contributed by atoms with Crippen LogP contribution in [0, 0.1) is 0 Å². The number of fused-ring (bicyclic) bond motifs is 1. The lowest BCUT2D eigenvalue weighted by molar-refractivity contribution is 1.04. The number of imidazole rings is 1. The highest BCUT2D eigenvalue weighted by atomic mass is 32.2. The number of aromatic nitrogens is 3. The Morgan fingerprint density at radius 1 is 1.46 bits per heavy atom. The monoisotopic (exact) mass is 193 g/mol. The second-order valence-corrected chi connectivity index (χ2v) is 4.67. The molecule has 68 valence electrons. The number of hydrogen-bond donors (Lipinski definition) is 1. The van der Waals surface area contributed by atoms with Crippen LogP contribution in [0.15, 0.2) is 23.6 Å². The predicted octanol–water partition coefficient (Wildman–Crippen LogP) is 2.46. The molecule has 0 fully saturated rings. The second-order valence-electron chi connectivity index (χ2n) is 3.10. The third-order valence-electron chi connectivity index (χ3n) is 1.61. The molecule has 0 aliphatic rings. The molecule has 0 unspecified atom stereocenters. The van der Waals surface area contributed by atoms with Gasteiger partial charge in [0.2, 0.25) is 0 Å². The highest BCUT2D eigenvalue weighted by Gasteiger charge is 2.04. The predicted molar refractivity (Wildman–Crippen MR) is 54.9 cm³/mol. The van der Waals surface area contributed by atoms with Gasteiger partial charge in [-0.15, -0.1) is 0 Å². The van der Waals surface area contributed by atoms with E-state index in [0.717, 1.165) is 16.2 Å². The number of rotatable bonds is 2. The molecule has 4 heteroatoms. The summed E-state index contributed by atoms with van der Waals surface area (Å²) in [4.78, 5) is 11.7. The number of thioether (sulfide) groups is 1. The van der Waals surface area contributed by atoms with Crippen LogP contribution in [0.4, 0.5) is 0 Å². The van der Waals surface area contributed by atoms with Gasteiger partial charge in [0.05, 0.1) is 17.2 Å². The Morgan fingerprint density at radius 2 is 2.31 bits per heavy atom. The molecule has 2 rings (SSSR count). The SMILES string of the molecule is CC(C)Sc1nc2ccncc2[nH]1. The van der Waals surface area contributed by atoms with Gasteiger partial charge < -0.3 is 4.98 Å². The minimum atomic E-state index is 0.550. The maximum Gasteiger partial charge on any atom is 0.166 e. The zero-order valence-electron chi connectivity index (χ0n) is 7.61. The van der Waals surface area contributed by atoms with Gasteiger partial charge in [0.1, 0.15) is 0 Å². The summed E-state index contributed by atoms with van der Waals surface area (Å²) in [5, 5.41) is 1.52. The first-order valence-electron chi connectivity index (χ1n) is 4.22. The summed E-state index contributed by atoms with van der Waals surface area (Å²) in [5.41, 5.74) is 1.99. The zero-order chi connectivity index (χ0) is 9.26. The van der Waals surface area contributed by atoms with Gasteiger partial charge in [0, 0.05) is 11.4 Å². The largest absolute Gasteiger partial charge is 0.332 e. The van der Waals surface area contributed by atoms with Crippen molar-refractivity contribution in [2.45, 2.75) is 24.3 Å². The number of nitrogens with one attached hydrogen (secondary N) is 1. The number of hydrogen-bond acceptors (Lipinski definition) is 3. The molecule has 2 aromatic heterocycles. The topological polar surface area (TPSA) is 41.6 Å². The molecule has 2 heterocycles. The summed E-state index contributed by atoms with van der Waals surface area (Å²) in [7, 11) is 0. The molecule has 0 saturated heterocycles. The molecule has 0 atom stereocenters. The van der Waals surface area contributed by atoms with Crippen LogP contribution in [-0.4, -0.2) is 20.2 Å². The molecule has 2 aromatic rings. The third kappa shape index (κ3) is 1.83. The van der Waals surface area contributed by atoms with Crippen LogP contribution in [0.25, 0.3) is 11.0 Å². The Bertz CT molecular complexity index is 375. The van der Waals surface area contributed by atoms with E-state index in [0.29, 0.717) is 5.25 Å². The van der Waals surface area contributed by atoms with E-state index < -0.39 is 0 Å². The number of pyridine rings is 1. The van der Waals surface area contributed by atoms with E-state index in [1.54, 1.807) is 24.2 Å². The second kappa shape index (κ2) is 3.38. The van der Waals surface area contributed by atoms with E-state index in [1.165, 1.54) is 0 Å². The average molecular weight is 193 g/mol. The molecule has 1 N–H and O–H groups in total. The minimum Gasteiger partial charge on any atom is -0.332 e. The van der Waals surface area contributed by atoms with Gasteiger partial charge in [0.15, 0.2) is 5.16 Å². The Hall–Kier alpha value is -1.03. The van der Waals surface area contributed by atoms with Crippen molar-refractivity contribution in [2.24, 2.45) is 0 Å². The van der Waals surface area contributed by atoms with Crippen LogP contribution in [0.5, 0.6) is 0 Å². The van der Waals surface area contributed by atoms with E-state index >= 15 is 0 Å². The zero-order valence-corrected chi connectivity index (χ0v) is 8.43. The molecular weight excluding hydrogens is 182 g/mol. The van der Waals surface area contributed by atoms with Crippen molar-refractivity contribution in [1.29, 1.82) is 0 Å². The van der Waals surface area contributed by atoms with Gasteiger partial charge in [-0.2, -0.15) is 0 Å². The number of H-pyrrole nitrogens is 1. The van der Waals surface area contributed by atoms with E-state index in [9.17, 15) is 0 Å². The van der Waals surface area contributed by atoms with E-state index in [4.69, 9.17) is 0 Å². The fourth-order valence-corrected chi connectivity index (χ4v) is 1.88. The highest BCUT2D eigenvalue weighted by molar-refractivity contribution is 7.99. The smallest absolute Gasteiger partial charge is 0.166 e. The summed E-state index contributed by atoms with van der Waals surface area (Å²) >= 11 is 1.73. The van der Waals surface area contributed by atoms with Gasteiger partial charge in [-0.25, -0.2) is 4.98 Å². The van der Waals surface area contributed by atoms with Crippen LogP contribution < -0.4 is 0 Å². The van der Waals surface area contributed by atoms with Gasteiger partial charge in [-0.3, -0.25) is 4.98 Å². The van der Waals surface area contributed by atoms with E-state index in [1.807, 2.05) is 6.07 Å². The molecule has 0 saturated carbocycles. The van der Waals surface area contributed by atoms with Crippen molar-refractivity contribution in [1.82, 2.24) is 15.0 Å². The lowest BCUT2D eigenvalue weighted by Gasteiger charge is -1.97. The van der Waals surface area contributed by atoms with Crippen molar-refractivity contribution in [3.05, 3.63) is 18.5 Å². The van der Waals surface area contributed by atoms with Crippen LogP contribution in [0.3, 0.4) is 0 Å². The lowest BCUT2D eigenvalue weighted by Crippen LogP contribution is -1.86. The van der Waals surface area contributed by atoms with Gasteiger partial charge in [0.25, 0.3) is 0 Å². The standard InChI is InChI=1S/C9H11N3S/c1-6(2)13-9-11-7-3-4-10-5-8(7)12-9/h3-6H,1-2H3,(H,11,12). The third-order valence-corrected chi connectivity index (χ3v) is 2.50. The molecule has 0 amide bonds. The van der Waals surface area contributed by atoms with Crippen molar-refractivity contribution in [3.8, 4) is 0 Å². The number of aromatic amines is 1. The van der Waals surface area contributed by atoms with Crippen molar-refractivity contribution < 1.29 is 0 Å². The van der Waals surface area contributed by atoms with Crippen molar-refractivity contribution in [3.63, 3.8) is 0 Å². The Balaban J connectivity index is 2.38. The molecule has 3 nitrogen and oxygen atoms in total. The average Bonchev–Trinajstić information content (AvgIpc) is 2.44. The number of nitrogens with zero attached hydrogens (tertiary/aromatic N) is 2. The van der Waals surface area contributed by atoms with E-state index in [2.05, 4.69) is 28.8 Å². The molecule has 0 bridgehead atoms. The van der Waals surface area contributed by atoms with Crippen LogP contribution >= 0.6 is 11.8 Å². The lowest BCUT2D eigenvalue weighted by atomic mass is 10.4. The van der Waals surface area contributed by atoms with Gasteiger partial charge >= 0.3 is 0 Å². The minimum absolute atomic E-state index is 0.550. The first kappa shape index (κ1) is 8.56. The van der Waals surface area contributed by atoms with Gasteiger partial charge in [-0.05, 0) is 6.07 Å². The molecule has 0 aliphatic carbocycles. The maximum absolute atomic E-state index is 4.42. The molecule has 0 radical (unpaired) electrons. The summed E-state index contributed by atoms with van der Waals surface area (Å²) in [6, 6.07) is 1.91. The fourth-order valence-electron chi connectivity index (χ4n) is 1.11. The summed E-state index contributed by atoms with van der Waals surface area (Å²) in [6.07, 6.45) is 3.56. The molecule has 13 heavy (non-hydrogen) atoms. The van der Waals surface area contributed by atoms with Crippen LogP contribution in [0.2, 0.25) is 0 Å². The Morgan fingerprint density at radius 3 is 3.00 bits per heavy atom. The normalized spacial score (nSPS) is 11.3. The molecule has 0 aromatic carbocycles. The van der Waals surface area contributed by atoms with Crippen molar-refractivity contribution >= 4 is 22.8 Å². The first-order chi connectivity index (χ1) is 6.25. The van der Waals surface area contributed by atoms with E-state index in [-0.39, 0.29) is 0 Å². The summed E-state index contributed by atoms with van der Waals surface area (Å²) in [5.74, 6) is 0. The summed E-state index contributed by atoms with van der Waals surface area (Å²) < 4.78 is 0. The molecular formula is C9H11N3S. The fraction of sp³-hybridized carbons (Fsp3) is 0.333. The quantitative estimate of drug-likeness (QED) is 0.745. The maximum atomic E-state index is 4.42. The Labute approximate surface area is 81.0 Å². The van der Waals surface area contributed by atoms with Gasteiger partial charge in [-0.1, -0.05) is 25.6 Å². The Kier molecular flexibility index (Phi) is 2.22. The van der Waals surface area contributed by atoms with Crippen LogP contribution in [-0.2, 0) is 0 Å². The molecule has 0 aliphatic heterocycles. The van der Waals surface area contributed by atoms with Crippen LogP contribution in [0.1, 0.15) is 13.8 Å². The molecule has 0 spiro atoms. The first-order valence-corrected chi connectivity index (χ1v) is 5.10. The highest BCUT2D eigenvalue weighted by Crippen LogP contribution is 2.21.